The van der Waals surface area contributed by atoms with E-state index in [0.29, 0.717) is 5.75 Å². The van der Waals surface area contributed by atoms with Crippen LogP contribution in [-0.4, -0.2) is 18.1 Å². The van der Waals surface area contributed by atoms with Gasteiger partial charge < -0.3 is 4.74 Å². The van der Waals surface area contributed by atoms with Crippen LogP contribution in [0.2, 0.25) is 0 Å². The van der Waals surface area contributed by atoms with Gasteiger partial charge in [-0.05, 0) is 41.6 Å². The van der Waals surface area contributed by atoms with Gasteiger partial charge in [0.25, 0.3) is 0 Å². The molecule has 3 rings (SSSR count). The first-order chi connectivity index (χ1) is 11.5. The molecular formula is C17H16F3NO2S. The SMILES string of the molecule is COc1ccc(C2CC(SC(F)(F)F)ON2c2ccccc2)cc1. The van der Waals surface area contributed by atoms with E-state index in [1.54, 1.807) is 24.3 Å². The lowest BCUT2D eigenvalue weighted by Gasteiger charge is -2.25. The van der Waals surface area contributed by atoms with Crippen LogP contribution in [0, 0.1) is 0 Å². The predicted molar refractivity (Wildman–Crippen MR) is 87.8 cm³/mol. The standard InChI is InChI=1S/C17H16F3NO2S/c1-22-14-9-7-12(8-10-14)15-11-16(24-17(18,19)20)23-21(15)13-5-3-2-4-6-13/h2-10,15-16H,11H2,1H3. The van der Waals surface area contributed by atoms with Crippen LogP contribution >= 0.6 is 11.8 Å². The summed E-state index contributed by atoms with van der Waals surface area (Å²) in [6.07, 6.45) is 0.241. The molecule has 2 atom stereocenters. The zero-order valence-corrected chi connectivity index (χ0v) is 13.7. The summed E-state index contributed by atoms with van der Waals surface area (Å²) in [6, 6.07) is 16.1. The Balaban J connectivity index is 1.87. The Hall–Kier alpha value is -1.86. The number of nitrogens with zero attached hydrogens (tertiary/aromatic N) is 1. The molecule has 1 heterocycles. The lowest BCUT2D eigenvalue weighted by molar-refractivity contribution is -0.0362. The van der Waals surface area contributed by atoms with Crippen molar-refractivity contribution < 1.29 is 22.7 Å². The van der Waals surface area contributed by atoms with Crippen molar-refractivity contribution in [2.75, 3.05) is 12.2 Å². The van der Waals surface area contributed by atoms with Crippen LogP contribution in [0.25, 0.3) is 0 Å². The fraction of sp³-hybridized carbons (Fsp3) is 0.294. The van der Waals surface area contributed by atoms with E-state index in [2.05, 4.69) is 0 Å². The average molecular weight is 355 g/mol. The van der Waals surface area contributed by atoms with Crippen molar-refractivity contribution in [3.05, 3.63) is 60.2 Å². The first-order valence-corrected chi connectivity index (χ1v) is 8.24. The van der Waals surface area contributed by atoms with Crippen LogP contribution in [0.3, 0.4) is 0 Å². The molecule has 0 aliphatic carbocycles. The summed E-state index contributed by atoms with van der Waals surface area (Å²) in [7, 11) is 1.57. The van der Waals surface area contributed by atoms with Gasteiger partial charge in [-0.15, -0.1) is 0 Å². The fourth-order valence-corrected chi connectivity index (χ4v) is 3.37. The summed E-state index contributed by atoms with van der Waals surface area (Å²) >= 11 is -0.120. The number of halogens is 3. The molecule has 7 heteroatoms. The summed E-state index contributed by atoms with van der Waals surface area (Å²) in [6.45, 7) is 0. The number of thioether (sulfide) groups is 1. The van der Waals surface area contributed by atoms with Crippen LogP contribution < -0.4 is 9.80 Å². The lowest BCUT2D eigenvalue weighted by Crippen LogP contribution is -2.22. The number of hydroxylamine groups is 1. The van der Waals surface area contributed by atoms with Crippen molar-refractivity contribution in [1.82, 2.24) is 0 Å². The van der Waals surface area contributed by atoms with E-state index < -0.39 is 10.9 Å². The van der Waals surface area contributed by atoms with Crippen molar-refractivity contribution in [3.8, 4) is 5.75 Å². The number of hydrogen-bond acceptors (Lipinski definition) is 4. The minimum absolute atomic E-state index is 0.120. The Morgan fingerprint density at radius 1 is 1.08 bits per heavy atom. The molecule has 1 aliphatic heterocycles. The van der Waals surface area contributed by atoms with E-state index in [1.807, 2.05) is 42.5 Å². The van der Waals surface area contributed by atoms with E-state index in [4.69, 9.17) is 9.57 Å². The molecule has 2 aromatic rings. The second-order valence-corrected chi connectivity index (χ2v) is 6.51. The highest BCUT2D eigenvalue weighted by atomic mass is 32.2. The van der Waals surface area contributed by atoms with Gasteiger partial charge in [0.05, 0.1) is 18.8 Å². The second kappa shape index (κ2) is 6.94. The molecule has 1 fully saturated rings. The molecule has 1 saturated heterocycles. The highest BCUT2D eigenvalue weighted by Crippen LogP contribution is 2.46. The van der Waals surface area contributed by atoms with Crippen LogP contribution in [-0.2, 0) is 4.84 Å². The van der Waals surface area contributed by atoms with Crippen molar-refractivity contribution >= 4 is 17.4 Å². The Morgan fingerprint density at radius 3 is 2.33 bits per heavy atom. The molecule has 1 aliphatic rings. The number of para-hydroxylation sites is 1. The molecule has 2 unspecified atom stereocenters. The molecule has 0 bridgehead atoms. The number of rotatable bonds is 4. The number of hydrogen-bond donors (Lipinski definition) is 0. The Morgan fingerprint density at radius 2 is 1.75 bits per heavy atom. The maximum Gasteiger partial charge on any atom is 0.444 e. The highest BCUT2D eigenvalue weighted by molar-refractivity contribution is 8.00. The molecule has 0 aromatic heterocycles. The summed E-state index contributed by atoms with van der Waals surface area (Å²) < 4.78 is 43.3. The monoisotopic (exact) mass is 355 g/mol. The predicted octanol–water partition coefficient (Wildman–Crippen LogP) is 5.16. The van der Waals surface area contributed by atoms with Gasteiger partial charge in [0.1, 0.15) is 11.2 Å². The van der Waals surface area contributed by atoms with Crippen molar-refractivity contribution in [3.63, 3.8) is 0 Å². The Kier molecular flexibility index (Phi) is 4.91. The molecular weight excluding hydrogens is 339 g/mol. The molecule has 128 valence electrons. The number of alkyl halides is 3. The zero-order chi connectivity index (χ0) is 17.2. The minimum Gasteiger partial charge on any atom is -0.497 e. The number of ether oxygens (including phenoxy) is 1. The van der Waals surface area contributed by atoms with Gasteiger partial charge in [-0.25, -0.2) is 5.06 Å². The third-order valence-electron chi connectivity index (χ3n) is 3.71. The third-order valence-corrected chi connectivity index (χ3v) is 4.51. The van der Waals surface area contributed by atoms with E-state index in [9.17, 15) is 13.2 Å². The molecule has 0 radical (unpaired) electrons. The molecule has 2 aromatic carbocycles. The van der Waals surface area contributed by atoms with Crippen molar-refractivity contribution in [2.45, 2.75) is 23.4 Å². The van der Waals surface area contributed by atoms with E-state index >= 15 is 0 Å². The van der Waals surface area contributed by atoms with Gasteiger partial charge in [0.2, 0.25) is 0 Å². The first kappa shape index (κ1) is 17.0. The number of methoxy groups -OCH3 is 1. The number of benzene rings is 2. The van der Waals surface area contributed by atoms with Crippen LogP contribution in [0.1, 0.15) is 18.0 Å². The fourth-order valence-electron chi connectivity index (χ4n) is 2.65. The van der Waals surface area contributed by atoms with Gasteiger partial charge in [-0.1, -0.05) is 30.3 Å². The summed E-state index contributed by atoms with van der Waals surface area (Å²) in [4.78, 5) is 5.59. The molecule has 0 spiro atoms. The van der Waals surface area contributed by atoms with Crippen LogP contribution in [0.5, 0.6) is 5.75 Å². The zero-order valence-electron chi connectivity index (χ0n) is 12.9. The van der Waals surface area contributed by atoms with Gasteiger partial charge >= 0.3 is 5.51 Å². The molecule has 24 heavy (non-hydrogen) atoms. The average Bonchev–Trinajstić information content (AvgIpc) is 2.97. The third kappa shape index (κ3) is 3.96. The quantitative estimate of drug-likeness (QED) is 0.755. The maximum atomic E-state index is 12.7. The Bertz CT molecular complexity index is 664. The molecule has 0 amide bonds. The van der Waals surface area contributed by atoms with E-state index in [0.717, 1.165) is 11.3 Å². The van der Waals surface area contributed by atoms with Gasteiger partial charge in [-0.3, -0.25) is 4.84 Å². The summed E-state index contributed by atoms with van der Waals surface area (Å²) in [5.74, 6) is 0.699. The maximum absolute atomic E-state index is 12.7. The molecule has 0 saturated carbocycles. The smallest absolute Gasteiger partial charge is 0.444 e. The van der Waals surface area contributed by atoms with Crippen molar-refractivity contribution in [2.24, 2.45) is 0 Å². The van der Waals surface area contributed by atoms with Gasteiger partial charge in [0, 0.05) is 6.42 Å². The minimum atomic E-state index is -4.33. The van der Waals surface area contributed by atoms with Crippen molar-refractivity contribution in [1.29, 1.82) is 0 Å². The second-order valence-electron chi connectivity index (χ2n) is 5.28. The van der Waals surface area contributed by atoms with Crippen LogP contribution in [0.15, 0.2) is 54.6 Å². The number of anilines is 1. The molecule has 3 nitrogen and oxygen atoms in total. The normalized spacial score (nSPS) is 21.1. The summed E-state index contributed by atoms with van der Waals surface area (Å²) in [5, 5.41) is 1.56. The summed E-state index contributed by atoms with van der Waals surface area (Å²) in [5.41, 5.74) is -3.70. The first-order valence-electron chi connectivity index (χ1n) is 7.36. The van der Waals surface area contributed by atoms with Gasteiger partial charge in [0.15, 0.2) is 0 Å². The van der Waals surface area contributed by atoms with Gasteiger partial charge in [-0.2, -0.15) is 13.2 Å². The molecule has 0 N–H and O–H groups in total. The lowest BCUT2D eigenvalue weighted by atomic mass is 10.0. The highest BCUT2D eigenvalue weighted by Gasteiger charge is 2.42. The topological polar surface area (TPSA) is 21.7 Å². The van der Waals surface area contributed by atoms with E-state index in [1.165, 1.54) is 0 Å². The largest absolute Gasteiger partial charge is 0.497 e. The van der Waals surface area contributed by atoms with E-state index in [-0.39, 0.29) is 24.2 Å². The van der Waals surface area contributed by atoms with Crippen LogP contribution in [0.4, 0.5) is 18.9 Å². The Labute approximate surface area is 142 Å².